The van der Waals surface area contributed by atoms with E-state index in [0.29, 0.717) is 0 Å². The predicted octanol–water partition coefficient (Wildman–Crippen LogP) is 1.39. The minimum atomic E-state index is -0.768. The summed E-state index contributed by atoms with van der Waals surface area (Å²) >= 11 is 0. The first-order chi connectivity index (χ1) is 11.1. The van der Waals surface area contributed by atoms with Gasteiger partial charge in [0, 0.05) is 12.7 Å². The van der Waals surface area contributed by atoms with Crippen molar-refractivity contribution in [3.63, 3.8) is 0 Å². The number of urea groups is 1. The number of carbonyl (C=O) groups excluding carboxylic acids is 3. The third-order valence-corrected chi connectivity index (χ3v) is 3.65. The number of primary amides is 1. The quantitative estimate of drug-likeness (QED) is 0.732. The lowest BCUT2D eigenvalue weighted by Crippen LogP contribution is -2.52. The van der Waals surface area contributed by atoms with Gasteiger partial charge in [-0.15, -0.1) is 0 Å². The van der Waals surface area contributed by atoms with E-state index >= 15 is 0 Å². The molecule has 1 aromatic carbocycles. The van der Waals surface area contributed by atoms with Crippen molar-refractivity contribution in [1.82, 2.24) is 10.2 Å². The van der Waals surface area contributed by atoms with E-state index in [1.807, 2.05) is 32.0 Å². The molecule has 0 aliphatic heterocycles. The third-order valence-electron chi connectivity index (χ3n) is 3.65. The molecular weight excluding hydrogens is 308 g/mol. The Kier molecular flexibility index (Phi) is 6.76. The number of nitrogens with two attached hydrogens (primary N) is 1. The molecule has 0 saturated carbocycles. The van der Waals surface area contributed by atoms with Gasteiger partial charge in [0.25, 0.3) is 0 Å². The molecule has 7 nitrogen and oxygen atoms in total. The number of aryl methyl sites for hydroxylation is 2. The van der Waals surface area contributed by atoms with Gasteiger partial charge in [-0.25, -0.2) is 4.79 Å². The molecule has 1 rings (SSSR count). The molecule has 0 heterocycles. The maximum Gasteiger partial charge on any atom is 0.312 e. The van der Waals surface area contributed by atoms with E-state index in [1.165, 1.54) is 11.9 Å². The molecule has 0 saturated heterocycles. The molecule has 0 radical (unpaired) electrons. The molecule has 4 amide bonds. The summed E-state index contributed by atoms with van der Waals surface area (Å²) < 4.78 is 0. The van der Waals surface area contributed by atoms with Gasteiger partial charge >= 0.3 is 6.03 Å². The van der Waals surface area contributed by atoms with Crippen molar-refractivity contribution in [2.75, 3.05) is 18.9 Å². The van der Waals surface area contributed by atoms with Gasteiger partial charge in [-0.3, -0.25) is 9.59 Å². The van der Waals surface area contributed by atoms with Crippen LogP contribution in [0.4, 0.5) is 10.5 Å². The summed E-state index contributed by atoms with van der Waals surface area (Å²) in [5, 5.41) is 5.22. The first-order valence-corrected chi connectivity index (χ1v) is 7.80. The van der Waals surface area contributed by atoms with Crippen LogP contribution in [-0.4, -0.2) is 42.4 Å². The van der Waals surface area contributed by atoms with Crippen molar-refractivity contribution in [3.05, 3.63) is 29.3 Å². The molecule has 0 unspecified atom stereocenters. The van der Waals surface area contributed by atoms with Gasteiger partial charge in [-0.2, -0.15) is 0 Å². The number of hydrogen-bond donors (Lipinski definition) is 3. The zero-order valence-corrected chi connectivity index (χ0v) is 14.8. The second kappa shape index (κ2) is 8.33. The summed E-state index contributed by atoms with van der Waals surface area (Å²) in [5.41, 5.74) is 7.80. The van der Waals surface area contributed by atoms with Crippen molar-refractivity contribution >= 4 is 23.5 Å². The molecular formula is C17H26N4O3. The highest BCUT2D eigenvalue weighted by Gasteiger charge is 2.27. The Morgan fingerprint density at radius 3 is 2.38 bits per heavy atom. The molecule has 0 spiro atoms. The number of anilines is 1. The number of nitrogens with zero attached hydrogens (tertiary/aromatic N) is 1. The highest BCUT2D eigenvalue weighted by Crippen LogP contribution is 2.16. The maximum atomic E-state index is 12.4. The zero-order valence-electron chi connectivity index (χ0n) is 14.8. The van der Waals surface area contributed by atoms with Gasteiger partial charge in [-0.1, -0.05) is 26.0 Å². The van der Waals surface area contributed by atoms with Crippen molar-refractivity contribution in [1.29, 1.82) is 0 Å². The van der Waals surface area contributed by atoms with E-state index in [1.54, 1.807) is 13.8 Å². The molecule has 24 heavy (non-hydrogen) atoms. The number of rotatable bonds is 6. The van der Waals surface area contributed by atoms with Gasteiger partial charge in [0.2, 0.25) is 11.8 Å². The predicted molar refractivity (Wildman–Crippen MR) is 93.5 cm³/mol. The summed E-state index contributed by atoms with van der Waals surface area (Å²) in [6.07, 6.45) is 0. The number of amides is 4. The van der Waals surface area contributed by atoms with Crippen LogP contribution < -0.4 is 16.4 Å². The van der Waals surface area contributed by atoms with Crippen LogP contribution >= 0.6 is 0 Å². The Hall–Kier alpha value is -2.57. The van der Waals surface area contributed by atoms with Gasteiger partial charge in [-0.05, 0) is 37.0 Å². The summed E-state index contributed by atoms with van der Waals surface area (Å²) in [4.78, 5) is 36.9. The van der Waals surface area contributed by atoms with E-state index in [9.17, 15) is 14.4 Å². The maximum absolute atomic E-state index is 12.4. The van der Waals surface area contributed by atoms with Crippen LogP contribution in [0.5, 0.6) is 0 Å². The number of hydrogen-bond acceptors (Lipinski definition) is 3. The monoisotopic (exact) mass is 334 g/mol. The Morgan fingerprint density at radius 1 is 1.21 bits per heavy atom. The van der Waals surface area contributed by atoms with Crippen LogP contribution in [0.15, 0.2) is 18.2 Å². The van der Waals surface area contributed by atoms with Crippen LogP contribution in [0.2, 0.25) is 0 Å². The smallest absolute Gasteiger partial charge is 0.312 e. The van der Waals surface area contributed by atoms with Crippen LogP contribution in [0.3, 0.4) is 0 Å². The van der Waals surface area contributed by atoms with E-state index in [-0.39, 0.29) is 24.3 Å². The number of nitrogens with one attached hydrogen (secondary N) is 2. The molecule has 0 aromatic heterocycles. The Labute approximate surface area is 142 Å². The van der Waals surface area contributed by atoms with E-state index in [4.69, 9.17) is 5.73 Å². The van der Waals surface area contributed by atoms with Crippen LogP contribution in [0, 0.1) is 19.8 Å². The minimum Gasteiger partial charge on any atom is -0.352 e. The van der Waals surface area contributed by atoms with Crippen molar-refractivity contribution in [2.24, 2.45) is 11.7 Å². The fourth-order valence-electron chi connectivity index (χ4n) is 2.26. The number of carbonyl (C=O) groups is 3. The van der Waals surface area contributed by atoms with E-state index < -0.39 is 12.1 Å². The second-order valence-corrected chi connectivity index (χ2v) is 6.29. The van der Waals surface area contributed by atoms with Crippen molar-refractivity contribution < 1.29 is 14.4 Å². The highest BCUT2D eigenvalue weighted by molar-refractivity contribution is 5.96. The Balaban J connectivity index is 2.73. The zero-order chi connectivity index (χ0) is 18.4. The van der Waals surface area contributed by atoms with Crippen molar-refractivity contribution in [2.45, 2.75) is 33.7 Å². The SMILES string of the molecule is Cc1ccc(C)c(NC(=O)CN(C)C(=O)[C@H](NC(N)=O)C(C)C)c1. The van der Waals surface area contributed by atoms with Gasteiger partial charge in [0.1, 0.15) is 6.04 Å². The summed E-state index contributed by atoms with van der Waals surface area (Å²) in [7, 11) is 1.52. The Bertz CT molecular complexity index is 628. The van der Waals surface area contributed by atoms with Gasteiger partial charge in [0.05, 0.1) is 6.54 Å². The molecule has 0 bridgehead atoms. The minimum absolute atomic E-state index is 0.115. The summed E-state index contributed by atoms with van der Waals surface area (Å²) in [6.45, 7) is 7.31. The van der Waals surface area contributed by atoms with Crippen LogP contribution in [0.1, 0.15) is 25.0 Å². The van der Waals surface area contributed by atoms with Crippen LogP contribution in [-0.2, 0) is 9.59 Å². The molecule has 0 fully saturated rings. The molecule has 1 aromatic rings. The van der Waals surface area contributed by atoms with Gasteiger partial charge in [0.15, 0.2) is 0 Å². The average molecular weight is 334 g/mol. The summed E-state index contributed by atoms with van der Waals surface area (Å²) in [6, 6.07) is 4.23. The normalized spacial score (nSPS) is 11.8. The largest absolute Gasteiger partial charge is 0.352 e. The lowest BCUT2D eigenvalue weighted by atomic mass is 10.0. The molecule has 1 atom stereocenters. The third kappa shape index (κ3) is 5.57. The van der Waals surface area contributed by atoms with E-state index in [2.05, 4.69) is 10.6 Å². The lowest BCUT2D eigenvalue weighted by molar-refractivity contribution is -0.135. The average Bonchev–Trinajstić information content (AvgIpc) is 2.47. The molecule has 0 aliphatic rings. The highest BCUT2D eigenvalue weighted by atomic mass is 16.2. The Morgan fingerprint density at radius 2 is 1.83 bits per heavy atom. The summed E-state index contributed by atoms with van der Waals surface area (Å²) in [5.74, 6) is -0.810. The molecule has 4 N–H and O–H groups in total. The first-order valence-electron chi connectivity index (χ1n) is 7.80. The molecule has 0 aliphatic carbocycles. The van der Waals surface area contributed by atoms with Gasteiger partial charge < -0.3 is 21.3 Å². The fraction of sp³-hybridized carbons (Fsp3) is 0.471. The molecule has 7 heteroatoms. The second-order valence-electron chi connectivity index (χ2n) is 6.29. The van der Waals surface area contributed by atoms with E-state index in [0.717, 1.165) is 16.8 Å². The van der Waals surface area contributed by atoms with Crippen LogP contribution in [0.25, 0.3) is 0 Å². The lowest BCUT2D eigenvalue weighted by Gasteiger charge is -2.26. The fourth-order valence-corrected chi connectivity index (χ4v) is 2.26. The standard InChI is InChI=1S/C17H26N4O3/c1-10(2)15(20-17(18)24)16(23)21(5)9-14(22)19-13-8-11(3)6-7-12(13)4/h6-8,10,15H,9H2,1-5H3,(H,19,22)(H3,18,20,24)/t15-/m1/s1. The first kappa shape index (κ1) is 19.5. The number of likely N-dealkylation sites (N-methyl/N-ethyl adjacent to an activating group) is 1. The molecule has 132 valence electrons. The number of benzene rings is 1. The topological polar surface area (TPSA) is 105 Å². The van der Waals surface area contributed by atoms with Crippen molar-refractivity contribution in [3.8, 4) is 0 Å².